The van der Waals surface area contributed by atoms with Gasteiger partial charge in [-0.25, -0.2) is 14.2 Å². The molecule has 11 heteroatoms. The van der Waals surface area contributed by atoms with Gasteiger partial charge < -0.3 is 15.2 Å². The van der Waals surface area contributed by atoms with Gasteiger partial charge >= 0.3 is 5.97 Å². The van der Waals surface area contributed by atoms with Gasteiger partial charge in [0.05, 0.1) is 22.2 Å². The Hall–Kier alpha value is -3.54. The molecule has 0 radical (unpaired) electrons. The van der Waals surface area contributed by atoms with Crippen LogP contribution in [-0.2, 0) is 4.74 Å². The van der Waals surface area contributed by atoms with Crippen LogP contribution in [0.2, 0.25) is 0 Å². The monoisotopic (exact) mass is 554 g/mol. The molecule has 4 rings (SSSR count). The third-order valence-electron chi connectivity index (χ3n) is 5.50. The molecule has 0 aliphatic heterocycles. The molecule has 4 aromatic rings. The summed E-state index contributed by atoms with van der Waals surface area (Å²) in [6, 6.07) is 12.9. The second-order valence-electron chi connectivity index (χ2n) is 8.66. The van der Waals surface area contributed by atoms with Crippen LogP contribution in [0.1, 0.15) is 40.4 Å². The predicted octanol–water partition coefficient (Wildman–Crippen LogP) is 5.69. The van der Waals surface area contributed by atoms with Crippen LogP contribution in [0.15, 0.2) is 52.7 Å². The molecule has 0 atom stereocenters. The number of aryl methyl sites for hydroxylation is 1. The number of nitrogens with one attached hydrogen (secondary N) is 1. The number of carbonyl (C=O) groups excluding carboxylic acids is 1. The zero-order chi connectivity index (χ0) is 27.4. The van der Waals surface area contributed by atoms with Crippen molar-refractivity contribution in [1.29, 1.82) is 0 Å². The molecular weight excluding hydrogens is 527 g/mol. The molecule has 0 bridgehead atoms. The normalized spacial score (nSPS) is 11.2. The number of carboxylic acid groups (broad SMARTS) is 1. The molecule has 1 amide bonds. The van der Waals surface area contributed by atoms with E-state index in [2.05, 4.69) is 24.3 Å². The molecule has 0 saturated heterocycles. The van der Waals surface area contributed by atoms with E-state index < -0.39 is 11.8 Å². The second-order valence-corrected chi connectivity index (χ2v) is 11.5. The van der Waals surface area contributed by atoms with E-state index in [-0.39, 0.29) is 16.9 Å². The first-order valence-corrected chi connectivity index (χ1v) is 13.5. The Balaban J connectivity index is 1.77. The van der Waals surface area contributed by atoms with E-state index in [0.717, 1.165) is 9.77 Å². The fourth-order valence-electron chi connectivity index (χ4n) is 3.86. The average Bonchev–Trinajstić information content (AvgIpc) is 3.44. The number of thiazole rings is 1. The smallest absolute Gasteiger partial charge is 0.355 e. The van der Waals surface area contributed by atoms with E-state index in [1.807, 2.05) is 12.1 Å². The number of carboxylic acids is 1. The summed E-state index contributed by atoms with van der Waals surface area (Å²) in [4.78, 5) is 29.6. The van der Waals surface area contributed by atoms with E-state index in [9.17, 15) is 19.1 Å². The zero-order valence-electron chi connectivity index (χ0n) is 21.3. The van der Waals surface area contributed by atoms with Crippen LogP contribution in [0.5, 0.6) is 0 Å². The Morgan fingerprint density at radius 2 is 1.92 bits per heavy atom. The van der Waals surface area contributed by atoms with Crippen molar-refractivity contribution < 1.29 is 23.8 Å². The van der Waals surface area contributed by atoms with Gasteiger partial charge in [0, 0.05) is 35.6 Å². The first-order chi connectivity index (χ1) is 18.2. The van der Waals surface area contributed by atoms with Crippen molar-refractivity contribution in [1.82, 2.24) is 20.1 Å². The van der Waals surface area contributed by atoms with Crippen LogP contribution in [0.3, 0.4) is 0 Å². The molecule has 2 aromatic heterocycles. The Morgan fingerprint density at radius 3 is 2.55 bits per heavy atom. The summed E-state index contributed by atoms with van der Waals surface area (Å²) < 4.78 is 21.1. The number of halogens is 1. The molecule has 0 aliphatic carbocycles. The number of hydrogen-bond acceptors (Lipinski definition) is 7. The summed E-state index contributed by atoms with van der Waals surface area (Å²) >= 11 is 2.94. The quantitative estimate of drug-likeness (QED) is 0.192. The van der Waals surface area contributed by atoms with Crippen molar-refractivity contribution in [3.05, 3.63) is 71.3 Å². The Kier molecular flexibility index (Phi) is 8.60. The second kappa shape index (κ2) is 11.9. The van der Waals surface area contributed by atoms with Gasteiger partial charge in [0.2, 0.25) is 5.13 Å². The highest BCUT2D eigenvalue weighted by atomic mass is 32.2. The summed E-state index contributed by atoms with van der Waals surface area (Å²) in [6.07, 6.45) is 0. The van der Waals surface area contributed by atoms with Crippen molar-refractivity contribution in [2.45, 2.75) is 30.2 Å². The minimum Gasteiger partial charge on any atom is -0.476 e. The molecule has 2 aromatic carbocycles. The van der Waals surface area contributed by atoms with E-state index in [4.69, 9.17) is 9.72 Å². The lowest BCUT2D eigenvalue weighted by molar-refractivity contribution is 0.0687. The van der Waals surface area contributed by atoms with Crippen LogP contribution >= 0.6 is 23.1 Å². The van der Waals surface area contributed by atoms with Gasteiger partial charge in [0.15, 0.2) is 5.69 Å². The van der Waals surface area contributed by atoms with Crippen molar-refractivity contribution in [2.75, 3.05) is 20.3 Å². The summed E-state index contributed by atoms with van der Waals surface area (Å²) in [7, 11) is 1.57. The van der Waals surface area contributed by atoms with E-state index in [1.165, 1.54) is 34.2 Å². The SMILES string of the molecule is COCCNC(=O)c1ccc(-c2nc(-n3nc(C)c(-c4cccc(F)c4)c3C(=O)O)sc2SC(C)C)cc1. The molecule has 38 heavy (non-hydrogen) atoms. The van der Waals surface area contributed by atoms with Crippen LogP contribution in [0, 0.1) is 12.7 Å². The van der Waals surface area contributed by atoms with Gasteiger partial charge in [-0.3, -0.25) is 4.79 Å². The van der Waals surface area contributed by atoms with Crippen molar-refractivity contribution in [2.24, 2.45) is 0 Å². The highest BCUT2D eigenvalue weighted by molar-refractivity contribution is 8.01. The lowest BCUT2D eigenvalue weighted by atomic mass is 10.0. The number of aromatic nitrogens is 3. The highest BCUT2D eigenvalue weighted by Crippen LogP contribution is 2.41. The Morgan fingerprint density at radius 1 is 1.18 bits per heavy atom. The molecule has 0 aliphatic rings. The maximum Gasteiger partial charge on any atom is 0.355 e. The number of rotatable bonds is 10. The van der Waals surface area contributed by atoms with Gasteiger partial charge in [0.1, 0.15) is 5.82 Å². The average molecular weight is 555 g/mol. The maximum atomic E-state index is 14.0. The van der Waals surface area contributed by atoms with Crippen LogP contribution in [0.4, 0.5) is 4.39 Å². The number of benzene rings is 2. The van der Waals surface area contributed by atoms with Gasteiger partial charge in [-0.2, -0.15) is 9.78 Å². The third-order valence-corrected chi connectivity index (χ3v) is 7.74. The standard InChI is InChI=1S/C27H27FN4O4S2/c1-15(2)37-26-22(17-8-10-18(11-9-17)24(33)29-12-13-36-4)30-27(38-26)32-23(25(34)35)21(16(3)31-32)19-6-5-7-20(28)14-19/h5-11,14-15H,12-13H2,1-4H3,(H,29,33)(H,34,35). The molecule has 0 unspecified atom stereocenters. The summed E-state index contributed by atoms with van der Waals surface area (Å²) in [5, 5.41) is 18.0. The first-order valence-electron chi connectivity index (χ1n) is 11.8. The van der Waals surface area contributed by atoms with Crippen molar-refractivity contribution in [3.63, 3.8) is 0 Å². The molecule has 0 fully saturated rings. The number of thioether (sulfide) groups is 1. The summed E-state index contributed by atoms with van der Waals surface area (Å²) in [5.41, 5.74) is 3.11. The zero-order valence-corrected chi connectivity index (χ0v) is 23.0. The van der Waals surface area contributed by atoms with Crippen molar-refractivity contribution >= 4 is 35.0 Å². The molecule has 198 valence electrons. The van der Waals surface area contributed by atoms with Crippen molar-refractivity contribution in [3.8, 4) is 27.5 Å². The van der Waals surface area contributed by atoms with Gasteiger partial charge in [-0.05, 0) is 36.8 Å². The number of carbonyl (C=O) groups is 2. The van der Waals surface area contributed by atoms with E-state index in [0.29, 0.717) is 46.4 Å². The van der Waals surface area contributed by atoms with Crippen LogP contribution in [-0.4, -0.2) is 57.3 Å². The number of methoxy groups -OCH3 is 1. The lowest BCUT2D eigenvalue weighted by Crippen LogP contribution is -2.26. The van der Waals surface area contributed by atoms with E-state index in [1.54, 1.807) is 44.0 Å². The van der Waals surface area contributed by atoms with Gasteiger partial charge in [-0.15, -0.1) is 11.8 Å². The molecule has 8 nitrogen and oxygen atoms in total. The molecular formula is C27H27FN4O4S2. The minimum absolute atomic E-state index is 0.0856. The maximum absolute atomic E-state index is 14.0. The Labute approximate surface area is 227 Å². The summed E-state index contributed by atoms with van der Waals surface area (Å²) in [5.74, 6) is -1.86. The largest absolute Gasteiger partial charge is 0.476 e. The number of amides is 1. The van der Waals surface area contributed by atoms with Crippen LogP contribution < -0.4 is 5.32 Å². The molecule has 2 N–H and O–H groups in total. The molecule has 2 heterocycles. The Bertz CT molecular complexity index is 1460. The number of nitrogens with zero attached hydrogens (tertiary/aromatic N) is 3. The molecule has 0 spiro atoms. The lowest BCUT2D eigenvalue weighted by Gasteiger charge is -2.07. The van der Waals surface area contributed by atoms with Gasteiger partial charge in [-0.1, -0.05) is 49.4 Å². The predicted molar refractivity (Wildman–Crippen MR) is 147 cm³/mol. The third kappa shape index (κ3) is 5.95. The van der Waals surface area contributed by atoms with Crippen LogP contribution in [0.25, 0.3) is 27.5 Å². The number of hydrogen-bond donors (Lipinski definition) is 2. The summed E-state index contributed by atoms with van der Waals surface area (Å²) in [6.45, 7) is 6.65. The highest BCUT2D eigenvalue weighted by Gasteiger charge is 2.27. The first kappa shape index (κ1) is 27.5. The fraction of sp³-hybridized carbons (Fsp3) is 0.259. The minimum atomic E-state index is -1.19. The topological polar surface area (TPSA) is 106 Å². The molecule has 0 saturated carbocycles. The fourth-order valence-corrected chi connectivity index (χ4v) is 6.34. The van der Waals surface area contributed by atoms with E-state index >= 15 is 0 Å². The van der Waals surface area contributed by atoms with Gasteiger partial charge in [0.25, 0.3) is 5.91 Å². The number of ether oxygens (including phenoxy) is 1. The number of aromatic carboxylic acids is 1.